The van der Waals surface area contributed by atoms with E-state index in [-0.39, 0.29) is 18.2 Å². The molecule has 0 aromatic heterocycles. The molecule has 1 aliphatic heterocycles. The standard InChI is InChI=1S/C12H23NO5S/c1-9-8-10(18-19(5,15)16)6-7-13(9)11(14)17-12(2,3)4/h9-10H,6-8H2,1-5H3/t9-,10+/m0/s1. The predicted molar refractivity (Wildman–Crippen MR) is 71.4 cm³/mol. The van der Waals surface area contributed by atoms with Gasteiger partial charge in [0.2, 0.25) is 0 Å². The minimum atomic E-state index is -3.45. The first-order chi connectivity index (χ1) is 8.48. The van der Waals surface area contributed by atoms with Crippen molar-refractivity contribution < 1.29 is 22.1 Å². The summed E-state index contributed by atoms with van der Waals surface area (Å²) in [5.41, 5.74) is -0.531. The van der Waals surface area contributed by atoms with Crippen molar-refractivity contribution in [2.24, 2.45) is 0 Å². The Morgan fingerprint density at radius 1 is 1.32 bits per heavy atom. The molecule has 0 aromatic carbocycles. The number of nitrogens with zero attached hydrogens (tertiary/aromatic N) is 1. The normalized spacial score (nSPS) is 25.2. The van der Waals surface area contributed by atoms with Crippen LogP contribution in [-0.4, -0.2) is 50.0 Å². The first kappa shape index (κ1) is 16.2. The van der Waals surface area contributed by atoms with Gasteiger partial charge in [0.05, 0.1) is 12.4 Å². The van der Waals surface area contributed by atoms with Crippen molar-refractivity contribution in [3.8, 4) is 0 Å². The van der Waals surface area contributed by atoms with Crippen LogP contribution in [0.25, 0.3) is 0 Å². The van der Waals surface area contributed by atoms with E-state index in [2.05, 4.69) is 0 Å². The Balaban J connectivity index is 2.57. The molecule has 0 spiro atoms. The summed E-state index contributed by atoms with van der Waals surface area (Å²) >= 11 is 0. The third-order valence-electron chi connectivity index (χ3n) is 2.77. The molecule has 0 aliphatic carbocycles. The lowest BCUT2D eigenvalue weighted by Crippen LogP contribution is -2.48. The Labute approximate surface area is 115 Å². The van der Waals surface area contributed by atoms with Crippen molar-refractivity contribution in [1.29, 1.82) is 0 Å². The number of hydrogen-bond donors (Lipinski definition) is 0. The molecular weight excluding hydrogens is 270 g/mol. The van der Waals surface area contributed by atoms with Crippen LogP contribution in [0.2, 0.25) is 0 Å². The fourth-order valence-corrected chi connectivity index (χ4v) is 2.72. The summed E-state index contributed by atoms with van der Waals surface area (Å²) in [6.07, 6.45) is 1.31. The van der Waals surface area contributed by atoms with Gasteiger partial charge >= 0.3 is 6.09 Å². The number of piperidine rings is 1. The van der Waals surface area contributed by atoms with Crippen molar-refractivity contribution >= 4 is 16.2 Å². The molecule has 1 aliphatic rings. The molecular formula is C12H23NO5S. The molecule has 0 radical (unpaired) electrons. The molecule has 1 fully saturated rings. The summed E-state index contributed by atoms with van der Waals surface area (Å²) in [6.45, 7) is 7.75. The molecule has 1 amide bonds. The number of rotatable bonds is 2. The van der Waals surface area contributed by atoms with Crippen molar-refractivity contribution in [1.82, 2.24) is 4.90 Å². The van der Waals surface area contributed by atoms with Crippen LogP contribution in [0.15, 0.2) is 0 Å². The van der Waals surface area contributed by atoms with Crippen molar-refractivity contribution in [3.05, 3.63) is 0 Å². The van der Waals surface area contributed by atoms with Crippen LogP contribution >= 0.6 is 0 Å². The Hall–Kier alpha value is -0.820. The van der Waals surface area contributed by atoms with Crippen LogP contribution in [0.5, 0.6) is 0 Å². The molecule has 1 saturated heterocycles. The van der Waals surface area contributed by atoms with E-state index in [9.17, 15) is 13.2 Å². The highest BCUT2D eigenvalue weighted by Gasteiger charge is 2.33. The molecule has 7 heteroatoms. The van der Waals surface area contributed by atoms with Gasteiger partial charge in [-0.3, -0.25) is 4.18 Å². The van der Waals surface area contributed by atoms with Crippen LogP contribution in [0.1, 0.15) is 40.5 Å². The Kier molecular flexibility index (Phi) is 4.84. The third kappa shape index (κ3) is 5.78. The summed E-state index contributed by atoms with van der Waals surface area (Å²) in [5.74, 6) is 0. The van der Waals surface area contributed by atoms with Gasteiger partial charge in [-0.15, -0.1) is 0 Å². The third-order valence-corrected chi connectivity index (χ3v) is 3.39. The number of carbonyl (C=O) groups is 1. The zero-order valence-electron chi connectivity index (χ0n) is 12.2. The van der Waals surface area contributed by atoms with Crippen LogP contribution in [0.4, 0.5) is 4.79 Å². The second kappa shape index (κ2) is 5.66. The van der Waals surface area contributed by atoms with Crippen molar-refractivity contribution in [2.45, 2.75) is 58.3 Å². The second-order valence-electron chi connectivity index (χ2n) is 5.97. The van der Waals surface area contributed by atoms with Gasteiger partial charge < -0.3 is 9.64 Å². The molecule has 0 N–H and O–H groups in total. The lowest BCUT2D eigenvalue weighted by Gasteiger charge is -2.37. The average molecular weight is 293 g/mol. The maximum Gasteiger partial charge on any atom is 0.410 e. The summed E-state index contributed by atoms with van der Waals surface area (Å²) in [4.78, 5) is 13.6. The molecule has 19 heavy (non-hydrogen) atoms. The SMILES string of the molecule is C[C@H]1C[C@H](OS(C)(=O)=O)CCN1C(=O)OC(C)(C)C. The van der Waals surface area contributed by atoms with E-state index >= 15 is 0 Å². The average Bonchev–Trinajstić information content (AvgIpc) is 2.11. The smallest absolute Gasteiger partial charge is 0.410 e. The van der Waals surface area contributed by atoms with E-state index < -0.39 is 15.7 Å². The van der Waals surface area contributed by atoms with Crippen LogP contribution < -0.4 is 0 Å². The van der Waals surface area contributed by atoms with Gasteiger partial charge in [-0.05, 0) is 40.5 Å². The minimum absolute atomic E-state index is 0.102. The van der Waals surface area contributed by atoms with Gasteiger partial charge in [-0.2, -0.15) is 8.42 Å². The van der Waals surface area contributed by atoms with Crippen LogP contribution in [0, 0.1) is 0 Å². The van der Waals surface area contributed by atoms with E-state index in [1.54, 1.807) is 4.90 Å². The molecule has 1 heterocycles. The van der Waals surface area contributed by atoms with Crippen LogP contribution in [-0.2, 0) is 19.0 Å². The van der Waals surface area contributed by atoms with Gasteiger partial charge in [0.25, 0.3) is 10.1 Å². The number of ether oxygens (including phenoxy) is 1. The summed E-state index contributed by atoms with van der Waals surface area (Å²) in [6, 6.07) is -0.102. The van der Waals surface area contributed by atoms with E-state index in [4.69, 9.17) is 8.92 Å². The number of carbonyl (C=O) groups excluding carboxylic acids is 1. The van der Waals surface area contributed by atoms with Gasteiger partial charge in [0.1, 0.15) is 5.60 Å². The van der Waals surface area contributed by atoms with Gasteiger partial charge in [-0.25, -0.2) is 4.79 Å². The minimum Gasteiger partial charge on any atom is -0.444 e. The molecule has 2 atom stereocenters. The lowest BCUT2D eigenvalue weighted by molar-refractivity contribution is -0.0000352. The number of amides is 1. The fourth-order valence-electron chi connectivity index (χ4n) is 2.06. The van der Waals surface area contributed by atoms with Crippen molar-refractivity contribution in [3.63, 3.8) is 0 Å². The largest absolute Gasteiger partial charge is 0.444 e. The lowest BCUT2D eigenvalue weighted by atomic mass is 10.0. The van der Waals surface area contributed by atoms with E-state index in [0.717, 1.165) is 6.26 Å². The first-order valence-electron chi connectivity index (χ1n) is 6.36. The number of likely N-dealkylation sites (tertiary alicyclic amines) is 1. The first-order valence-corrected chi connectivity index (χ1v) is 8.17. The fraction of sp³-hybridized carbons (Fsp3) is 0.917. The summed E-state index contributed by atoms with van der Waals surface area (Å²) in [5, 5.41) is 0. The van der Waals surface area contributed by atoms with Gasteiger partial charge in [0.15, 0.2) is 0 Å². The predicted octanol–water partition coefficient (Wildman–Crippen LogP) is 1.75. The highest BCUT2D eigenvalue weighted by molar-refractivity contribution is 7.86. The van der Waals surface area contributed by atoms with E-state index in [1.807, 2.05) is 27.7 Å². The maximum absolute atomic E-state index is 12.0. The number of hydrogen-bond acceptors (Lipinski definition) is 5. The zero-order chi connectivity index (χ0) is 14.8. The quantitative estimate of drug-likeness (QED) is 0.725. The summed E-state index contributed by atoms with van der Waals surface area (Å²) < 4.78 is 32.4. The molecule has 1 rings (SSSR count). The molecule has 112 valence electrons. The van der Waals surface area contributed by atoms with E-state index in [0.29, 0.717) is 19.4 Å². The van der Waals surface area contributed by atoms with Crippen molar-refractivity contribution in [2.75, 3.05) is 12.8 Å². The Bertz CT molecular complexity index is 426. The zero-order valence-corrected chi connectivity index (χ0v) is 13.0. The highest BCUT2D eigenvalue weighted by atomic mass is 32.2. The molecule has 0 unspecified atom stereocenters. The second-order valence-corrected chi connectivity index (χ2v) is 7.57. The topological polar surface area (TPSA) is 72.9 Å². The monoisotopic (exact) mass is 293 g/mol. The Morgan fingerprint density at radius 3 is 2.32 bits per heavy atom. The molecule has 0 saturated carbocycles. The summed E-state index contributed by atoms with van der Waals surface area (Å²) in [7, 11) is -3.45. The molecule has 0 aromatic rings. The van der Waals surface area contributed by atoms with E-state index in [1.165, 1.54) is 0 Å². The maximum atomic E-state index is 12.0. The Morgan fingerprint density at radius 2 is 1.89 bits per heavy atom. The van der Waals surface area contributed by atoms with Crippen LogP contribution in [0.3, 0.4) is 0 Å². The highest BCUT2D eigenvalue weighted by Crippen LogP contribution is 2.23. The van der Waals surface area contributed by atoms with Gasteiger partial charge in [-0.1, -0.05) is 0 Å². The molecule has 0 bridgehead atoms. The van der Waals surface area contributed by atoms with Gasteiger partial charge in [0, 0.05) is 12.6 Å². The molecule has 6 nitrogen and oxygen atoms in total.